The Morgan fingerprint density at radius 1 is 1.00 bits per heavy atom. The molecule has 3 rings (SSSR count). The van der Waals surface area contributed by atoms with Gasteiger partial charge in [-0.25, -0.2) is 0 Å². The van der Waals surface area contributed by atoms with Gasteiger partial charge in [0.05, 0.1) is 0 Å². The van der Waals surface area contributed by atoms with Crippen LogP contribution in [0.15, 0.2) is 42.5 Å². The lowest BCUT2D eigenvalue weighted by atomic mass is 9.98. The maximum atomic E-state index is 12.6. The molecule has 0 aromatic heterocycles. The van der Waals surface area contributed by atoms with E-state index >= 15 is 0 Å². The van der Waals surface area contributed by atoms with Crippen LogP contribution in [-0.2, 0) is 4.79 Å². The summed E-state index contributed by atoms with van der Waals surface area (Å²) < 4.78 is 0. The zero-order valence-electron chi connectivity index (χ0n) is 14.9. The van der Waals surface area contributed by atoms with Crippen molar-refractivity contribution >= 4 is 23.2 Å². The van der Waals surface area contributed by atoms with Crippen molar-refractivity contribution in [2.45, 2.75) is 39.5 Å². The molecule has 1 saturated carbocycles. The standard InChI is InChI=1S/C21H24N2O2/c1-13(2)18-6-4-5-14(3)19(18)23-21(25)16-9-11-17(12-10-16)22-20(24)15-7-8-15/h4-6,9-13,15H,7-8H2,1-3H3,(H,22,24)(H,23,25). The molecule has 25 heavy (non-hydrogen) atoms. The fourth-order valence-electron chi connectivity index (χ4n) is 2.82. The summed E-state index contributed by atoms with van der Waals surface area (Å²) in [4.78, 5) is 24.4. The van der Waals surface area contributed by atoms with Gasteiger partial charge in [-0.05, 0) is 61.1 Å². The van der Waals surface area contributed by atoms with E-state index in [-0.39, 0.29) is 17.7 Å². The van der Waals surface area contributed by atoms with Gasteiger partial charge in [0, 0.05) is 22.9 Å². The molecular formula is C21H24N2O2. The third-order valence-electron chi connectivity index (χ3n) is 4.53. The Hall–Kier alpha value is -2.62. The number of rotatable bonds is 5. The number of hydrogen-bond donors (Lipinski definition) is 2. The summed E-state index contributed by atoms with van der Waals surface area (Å²) in [5, 5.41) is 5.92. The van der Waals surface area contributed by atoms with Crippen molar-refractivity contribution in [1.82, 2.24) is 0 Å². The van der Waals surface area contributed by atoms with Gasteiger partial charge in [0.2, 0.25) is 5.91 Å². The highest BCUT2D eigenvalue weighted by atomic mass is 16.2. The Labute approximate surface area is 148 Å². The summed E-state index contributed by atoms with van der Waals surface area (Å²) in [6.07, 6.45) is 1.95. The van der Waals surface area contributed by atoms with Crippen LogP contribution in [0.25, 0.3) is 0 Å². The largest absolute Gasteiger partial charge is 0.326 e. The second-order valence-corrected chi connectivity index (χ2v) is 6.99. The predicted molar refractivity (Wildman–Crippen MR) is 101 cm³/mol. The molecule has 0 atom stereocenters. The Balaban J connectivity index is 1.72. The van der Waals surface area contributed by atoms with Gasteiger partial charge in [-0.2, -0.15) is 0 Å². The minimum absolute atomic E-state index is 0.0682. The highest BCUT2D eigenvalue weighted by Crippen LogP contribution is 2.30. The van der Waals surface area contributed by atoms with Crippen LogP contribution >= 0.6 is 0 Å². The average Bonchev–Trinajstić information content (AvgIpc) is 3.42. The molecule has 0 spiro atoms. The molecule has 0 aliphatic heterocycles. The van der Waals surface area contributed by atoms with Crippen molar-refractivity contribution in [2.24, 2.45) is 5.92 Å². The van der Waals surface area contributed by atoms with Crippen LogP contribution in [0.1, 0.15) is 54.1 Å². The van der Waals surface area contributed by atoms with Crippen molar-refractivity contribution in [1.29, 1.82) is 0 Å². The maximum Gasteiger partial charge on any atom is 0.255 e. The van der Waals surface area contributed by atoms with Gasteiger partial charge in [-0.1, -0.05) is 32.0 Å². The molecule has 4 heteroatoms. The zero-order chi connectivity index (χ0) is 18.0. The SMILES string of the molecule is Cc1cccc(C(C)C)c1NC(=O)c1ccc(NC(=O)C2CC2)cc1. The number of anilines is 2. The fraction of sp³-hybridized carbons (Fsp3) is 0.333. The predicted octanol–water partition coefficient (Wildman–Crippen LogP) is 4.72. The third-order valence-corrected chi connectivity index (χ3v) is 4.53. The molecule has 0 saturated heterocycles. The van der Waals surface area contributed by atoms with Crippen LogP contribution in [0.5, 0.6) is 0 Å². The van der Waals surface area contributed by atoms with Crippen molar-refractivity contribution in [3.05, 3.63) is 59.2 Å². The fourth-order valence-corrected chi connectivity index (χ4v) is 2.82. The summed E-state index contributed by atoms with van der Waals surface area (Å²) in [5.41, 5.74) is 4.36. The smallest absolute Gasteiger partial charge is 0.255 e. The van der Waals surface area contributed by atoms with Crippen LogP contribution in [0.3, 0.4) is 0 Å². The molecule has 2 aromatic carbocycles. The van der Waals surface area contributed by atoms with E-state index in [1.165, 1.54) is 0 Å². The van der Waals surface area contributed by atoms with Gasteiger partial charge in [0.1, 0.15) is 0 Å². The molecule has 1 aliphatic rings. The zero-order valence-corrected chi connectivity index (χ0v) is 14.9. The van der Waals surface area contributed by atoms with Crippen LogP contribution in [0.2, 0.25) is 0 Å². The summed E-state index contributed by atoms with van der Waals surface area (Å²) in [6.45, 7) is 6.22. The molecule has 2 N–H and O–H groups in total. The number of benzene rings is 2. The molecule has 4 nitrogen and oxygen atoms in total. The number of carbonyl (C=O) groups excluding carboxylic acids is 2. The molecule has 0 unspecified atom stereocenters. The summed E-state index contributed by atoms with van der Waals surface area (Å²) in [5.74, 6) is 0.420. The number of nitrogens with one attached hydrogen (secondary N) is 2. The quantitative estimate of drug-likeness (QED) is 0.830. The highest BCUT2D eigenvalue weighted by molar-refractivity contribution is 6.05. The molecule has 0 bridgehead atoms. The molecule has 1 aliphatic carbocycles. The van der Waals surface area contributed by atoms with Gasteiger partial charge < -0.3 is 10.6 Å². The lowest BCUT2D eigenvalue weighted by Crippen LogP contribution is -2.16. The number of amides is 2. The number of carbonyl (C=O) groups is 2. The van der Waals surface area contributed by atoms with Gasteiger partial charge in [0.15, 0.2) is 0 Å². The van der Waals surface area contributed by atoms with Crippen molar-refractivity contribution in [3.8, 4) is 0 Å². The molecule has 2 amide bonds. The molecule has 2 aromatic rings. The number of hydrogen-bond acceptors (Lipinski definition) is 2. The Kier molecular flexibility index (Phi) is 4.88. The van der Waals surface area contributed by atoms with E-state index in [4.69, 9.17) is 0 Å². The molecule has 130 valence electrons. The van der Waals surface area contributed by atoms with Crippen molar-refractivity contribution in [3.63, 3.8) is 0 Å². The molecule has 0 heterocycles. The van der Waals surface area contributed by atoms with E-state index in [1.54, 1.807) is 24.3 Å². The normalized spacial score (nSPS) is 13.6. The van der Waals surface area contributed by atoms with Crippen molar-refractivity contribution < 1.29 is 9.59 Å². The van der Waals surface area contributed by atoms with E-state index in [0.29, 0.717) is 11.5 Å². The summed E-state index contributed by atoms with van der Waals surface area (Å²) >= 11 is 0. The second kappa shape index (κ2) is 7.09. The average molecular weight is 336 g/mol. The summed E-state index contributed by atoms with van der Waals surface area (Å²) in [6, 6.07) is 13.1. The first-order valence-corrected chi connectivity index (χ1v) is 8.77. The molecular weight excluding hydrogens is 312 g/mol. The number of para-hydroxylation sites is 1. The van der Waals surface area contributed by atoms with Crippen LogP contribution < -0.4 is 10.6 Å². The molecule has 1 fully saturated rings. The first kappa shape index (κ1) is 17.2. The van der Waals surface area contributed by atoms with Gasteiger partial charge in [0.25, 0.3) is 5.91 Å². The van der Waals surface area contributed by atoms with Crippen LogP contribution in [-0.4, -0.2) is 11.8 Å². The Morgan fingerprint density at radius 2 is 1.68 bits per heavy atom. The van der Waals surface area contributed by atoms with Crippen molar-refractivity contribution in [2.75, 3.05) is 10.6 Å². The number of aryl methyl sites for hydroxylation is 1. The summed E-state index contributed by atoms with van der Waals surface area (Å²) in [7, 11) is 0. The minimum Gasteiger partial charge on any atom is -0.326 e. The maximum absolute atomic E-state index is 12.6. The monoisotopic (exact) mass is 336 g/mol. The highest BCUT2D eigenvalue weighted by Gasteiger charge is 2.29. The van der Waals surface area contributed by atoms with E-state index in [2.05, 4.69) is 24.5 Å². The van der Waals surface area contributed by atoms with E-state index in [0.717, 1.165) is 35.3 Å². The van der Waals surface area contributed by atoms with Crippen LogP contribution in [0, 0.1) is 12.8 Å². The minimum atomic E-state index is -0.142. The van der Waals surface area contributed by atoms with E-state index in [9.17, 15) is 9.59 Å². The Bertz CT molecular complexity index is 790. The molecule has 0 radical (unpaired) electrons. The first-order valence-electron chi connectivity index (χ1n) is 8.77. The first-order chi connectivity index (χ1) is 12.0. The third kappa shape index (κ3) is 4.08. The van der Waals surface area contributed by atoms with E-state index < -0.39 is 0 Å². The van der Waals surface area contributed by atoms with Gasteiger partial charge >= 0.3 is 0 Å². The Morgan fingerprint density at radius 3 is 2.28 bits per heavy atom. The topological polar surface area (TPSA) is 58.2 Å². The van der Waals surface area contributed by atoms with Crippen LogP contribution in [0.4, 0.5) is 11.4 Å². The van der Waals surface area contributed by atoms with Gasteiger partial charge in [-0.3, -0.25) is 9.59 Å². The lowest BCUT2D eigenvalue weighted by molar-refractivity contribution is -0.117. The van der Waals surface area contributed by atoms with Gasteiger partial charge in [-0.15, -0.1) is 0 Å². The van der Waals surface area contributed by atoms with E-state index in [1.807, 2.05) is 25.1 Å². The lowest BCUT2D eigenvalue weighted by Gasteiger charge is -2.16. The second-order valence-electron chi connectivity index (χ2n) is 6.99.